The van der Waals surface area contributed by atoms with E-state index in [0.717, 1.165) is 11.6 Å². The third kappa shape index (κ3) is 7.03. The van der Waals surface area contributed by atoms with Gasteiger partial charge in [0.2, 0.25) is 0 Å². The molecule has 1 saturated carbocycles. The zero-order chi connectivity index (χ0) is 10.9. The average Bonchev–Trinajstić information content (AvgIpc) is 2.23. The van der Waals surface area contributed by atoms with Crippen LogP contribution >= 0.6 is 0 Å². The van der Waals surface area contributed by atoms with Crippen molar-refractivity contribution >= 4 is 7.28 Å². The van der Waals surface area contributed by atoms with E-state index in [-0.39, 0.29) is 0 Å². The van der Waals surface area contributed by atoms with Crippen molar-refractivity contribution < 1.29 is 0 Å². The fourth-order valence-corrected chi connectivity index (χ4v) is 2.75. The molecule has 0 saturated heterocycles. The molecule has 0 bridgehead atoms. The van der Waals surface area contributed by atoms with Crippen molar-refractivity contribution in [3.05, 3.63) is 0 Å². The molecule has 0 nitrogen and oxygen atoms in total. The second-order valence-electron chi connectivity index (χ2n) is 5.60. The second kappa shape index (κ2) is 8.24. The molecule has 1 fully saturated rings. The predicted octanol–water partition coefficient (Wildman–Crippen LogP) is 5.22. The molecule has 1 aliphatic rings. The van der Waals surface area contributed by atoms with Crippen LogP contribution in [0.5, 0.6) is 0 Å². The molecule has 0 atom stereocenters. The lowest BCUT2D eigenvalue weighted by Gasteiger charge is -2.17. The maximum absolute atomic E-state index is 2.60. The first-order valence-electron chi connectivity index (χ1n) is 7.14. The SMILES string of the molecule is CC(C)[B]C1CCCCCCCCCC1. The maximum Gasteiger partial charge on any atom is 0.117 e. The van der Waals surface area contributed by atoms with Crippen LogP contribution in [0.1, 0.15) is 78.1 Å². The Labute approximate surface area is 97.5 Å². The van der Waals surface area contributed by atoms with Crippen molar-refractivity contribution in [1.82, 2.24) is 0 Å². The van der Waals surface area contributed by atoms with Gasteiger partial charge in [-0.2, -0.15) is 0 Å². The summed E-state index contributed by atoms with van der Waals surface area (Å²) in [6.07, 6.45) is 14.7. The molecule has 0 aliphatic heterocycles. The Hall–Kier alpha value is 0.0649. The van der Waals surface area contributed by atoms with E-state index in [1.807, 2.05) is 0 Å². The molecule has 0 amide bonds. The number of hydrogen-bond acceptors (Lipinski definition) is 0. The molecule has 0 aromatic heterocycles. The van der Waals surface area contributed by atoms with Crippen molar-refractivity contribution in [3.63, 3.8) is 0 Å². The third-order valence-corrected chi connectivity index (χ3v) is 3.56. The highest BCUT2D eigenvalue weighted by Crippen LogP contribution is 2.27. The molecule has 15 heavy (non-hydrogen) atoms. The Morgan fingerprint density at radius 1 is 0.733 bits per heavy atom. The molecule has 1 radical (unpaired) electrons. The van der Waals surface area contributed by atoms with Crippen molar-refractivity contribution in [2.24, 2.45) is 0 Å². The monoisotopic (exact) mass is 207 g/mol. The minimum absolute atomic E-state index is 0.778. The van der Waals surface area contributed by atoms with Crippen molar-refractivity contribution in [3.8, 4) is 0 Å². The van der Waals surface area contributed by atoms with Crippen LogP contribution in [0.2, 0.25) is 11.6 Å². The normalized spacial score (nSPS) is 22.3. The van der Waals surface area contributed by atoms with Crippen LogP contribution in [0, 0.1) is 0 Å². The van der Waals surface area contributed by atoms with Crippen LogP contribution < -0.4 is 0 Å². The fraction of sp³-hybridized carbons (Fsp3) is 1.00. The van der Waals surface area contributed by atoms with Gasteiger partial charge in [-0.15, -0.1) is 0 Å². The van der Waals surface area contributed by atoms with Gasteiger partial charge < -0.3 is 0 Å². The lowest BCUT2D eigenvalue weighted by Crippen LogP contribution is -2.07. The molecule has 0 N–H and O–H groups in total. The van der Waals surface area contributed by atoms with Gasteiger partial charge in [-0.05, 0) is 0 Å². The first-order valence-corrected chi connectivity index (χ1v) is 7.14. The Kier molecular flexibility index (Phi) is 7.22. The van der Waals surface area contributed by atoms with Gasteiger partial charge in [0.1, 0.15) is 7.28 Å². The van der Waals surface area contributed by atoms with E-state index in [1.165, 1.54) is 64.2 Å². The quantitative estimate of drug-likeness (QED) is 0.544. The molecule has 0 aromatic carbocycles. The molecule has 0 unspecified atom stereocenters. The Morgan fingerprint density at radius 2 is 1.13 bits per heavy atom. The summed E-state index contributed by atoms with van der Waals surface area (Å²) in [6, 6.07) is 0. The molecule has 1 aliphatic carbocycles. The zero-order valence-electron chi connectivity index (χ0n) is 10.8. The molecular formula is C14H28B. The Bertz CT molecular complexity index is 130. The summed E-state index contributed by atoms with van der Waals surface area (Å²) in [5, 5.41) is 0. The van der Waals surface area contributed by atoms with Crippen LogP contribution in [-0.4, -0.2) is 7.28 Å². The van der Waals surface area contributed by atoms with Gasteiger partial charge in [-0.25, -0.2) is 0 Å². The fourth-order valence-electron chi connectivity index (χ4n) is 2.75. The summed E-state index contributed by atoms with van der Waals surface area (Å²) in [6.45, 7) is 4.65. The van der Waals surface area contributed by atoms with Gasteiger partial charge in [-0.1, -0.05) is 89.7 Å². The minimum Gasteiger partial charge on any atom is -0.0742 e. The standard InChI is InChI=1S/C14H28B/c1-13(2)15-14-11-9-7-5-3-4-6-8-10-12-14/h13-14H,3-12H2,1-2H3. The average molecular weight is 207 g/mol. The van der Waals surface area contributed by atoms with Gasteiger partial charge in [-0.3, -0.25) is 0 Å². The first-order chi connectivity index (χ1) is 7.29. The molecule has 0 aromatic rings. The van der Waals surface area contributed by atoms with E-state index in [1.54, 1.807) is 0 Å². The third-order valence-electron chi connectivity index (χ3n) is 3.56. The highest BCUT2D eigenvalue weighted by molar-refractivity contribution is 6.39. The van der Waals surface area contributed by atoms with E-state index in [2.05, 4.69) is 21.1 Å². The summed E-state index contributed by atoms with van der Waals surface area (Å²) in [5.41, 5.74) is 0. The number of hydrogen-bond donors (Lipinski definition) is 0. The van der Waals surface area contributed by atoms with Crippen LogP contribution in [-0.2, 0) is 0 Å². The Morgan fingerprint density at radius 3 is 1.53 bits per heavy atom. The topological polar surface area (TPSA) is 0 Å². The lowest BCUT2D eigenvalue weighted by molar-refractivity contribution is 0.577. The summed E-state index contributed by atoms with van der Waals surface area (Å²) in [4.78, 5) is 0. The maximum atomic E-state index is 2.60. The summed E-state index contributed by atoms with van der Waals surface area (Å²) >= 11 is 0. The van der Waals surface area contributed by atoms with E-state index in [9.17, 15) is 0 Å². The molecular weight excluding hydrogens is 179 g/mol. The second-order valence-corrected chi connectivity index (χ2v) is 5.60. The van der Waals surface area contributed by atoms with Crippen molar-refractivity contribution in [2.45, 2.75) is 89.7 Å². The van der Waals surface area contributed by atoms with E-state index in [0.29, 0.717) is 0 Å². The van der Waals surface area contributed by atoms with Gasteiger partial charge in [0.05, 0.1) is 0 Å². The van der Waals surface area contributed by atoms with Crippen molar-refractivity contribution in [2.75, 3.05) is 0 Å². The summed E-state index contributed by atoms with van der Waals surface area (Å²) < 4.78 is 0. The van der Waals surface area contributed by atoms with Crippen LogP contribution in [0.15, 0.2) is 0 Å². The summed E-state index contributed by atoms with van der Waals surface area (Å²) in [7, 11) is 2.60. The lowest BCUT2D eigenvalue weighted by atomic mass is 9.53. The smallest absolute Gasteiger partial charge is 0.0742 e. The van der Waals surface area contributed by atoms with Gasteiger partial charge >= 0.3 is 0 Å². The van der Waals surface area contributed by atoms with Gasteiger partial charge in [0, 0.05) is 0 Å². The van der Waals surface area contributed by atoms with Crippen LogP contribution in [0.25, 0.3) is 0 Å². The predicted molar refractivity (Wildman–Crippen MR) is 70.8 cm³/mol. The van der Waals surface area contributed by atoms with E-state index in [4.69, 9.17) is 0 Å². The molecule has 1 rings (SSSR count). The van der Waals surface area contributed by atoms with Crippen molar-refractivity contribution in [1.29, 1.82) is 0 Å². The molecule has 1 heteroatoms. The van der Waals surface area contributed by atoms with Crippen LogP contribution in [0.3, 0.4) is 0 Å². The molecule has 0 spiro atoms. The minimum atomic E-state index is 0.778. The Balaban J connectivity index is 2.25. The van der Waals surface area contributed by atoms with E-state index >= 15 is 0 Å². The summed E-state index contributed by atoms with van der Waals surface area (Å²) in [5.74, 6) is 1.70. The zero-order valence-corrected chi connectivity index (χ0v) is 10.8. The highest BCUT2D eigenvalue weighted by Gasteiger charge is 2.12. The highest BCUT2D eigenvalue weighted by atomic mass is 14.1. The van der Waals surface area contributed by atoms with E-state index < -0.39 is 0 Å². The van der Waals surface area contributed by atoms with Gasteiger partial charge in [0.25, 0.3) is 0 Å². The molecule has 87 valence electrons. The van der Waals surface area contributed by atoms with Gasteiger partial charge in [0.15, 0.2) is 0 Å². The molecule has 0 heterocycles. The van der Waals surface area contributed by atoms with Crippen LogP contribution in [0.4, 0.5) is 0 Å². The number of rotatable bonds is 2. The largest absolute Gasteiger partial charge is 0.117 e. The first kappa shape index (κ1) is 13.1.